The average molecular weight is 286 g/mol. The van der Waals surface area contributed by atoms with Gasteiger partial charge in [0.25, 0.3) is 0 Å². The Kier molecular flexibility index (Phi) is 4.47. The van der Waals surface area contributed by atoms with Gasteiger partial charge in [-0.05, 0) is 16.9 Å². The fourth-order valence-corrected chi connectivity index (χ4v) is 2.38. The van der Waals surface area contributed by atoms with Gasteiger partial charge >= 0.3 is 0 Å². The fourth-order valence-electron chi connectivity index (χ4n) is 2.38. The van der Waals surface area contributed by atoms with E-state index in [0.29, 0.717) is 12.5 Å². The molecule has 0 aliphatic rings. The van der Waals surface area contributed by atoms with Crippen LogP contribution >= 0.6 is 0 Å². The molecule has 1 aromatic carbocycles. The molecule has 2 aromatic rings. The molecule has 1 aromatic heterocycles. The molecule has 4 heteroatoms. The normalized spacial score (nSPS) is 12.1. The summed E-state index contributed by atoms with van der Waals surface area (Å²) in [6, 6.07) is 8.60. The molecule has 0 saturated heterocycles. The van der Waals surface area contributed by atoms with Crippen molar-refractivity contribution in [3.05, 3.63) is 35.7 Å². The van der Waals surface area contributed by atoms with Crippen LogP contribution in [-0.4, -0.2) is 14.8 Å². The predicted molar refractivity (Wildman–Crippen MR) is 86.9 cm³/mol. The van der Waals surface area contributed by atoms with Crippen LogP contribution in [0.5, 0.6) is 0 Å². The summed E-state index contributed by atoms with van der Waals surface area (Å²) in [7, 11) is 0. The smallest absolute Gasteiger partial charge is 0.164 e. The molecule has 0 unspecified atom stereocenters. The summed E-state index contributed by atoms with van der Waals surface area (Å²) >= 11 is 0. The summed E-state index contributed by atoms with van der Waals surface area (Å²) in [6.45, 7) is 12.3. The second-order valence-electron chi connectivity index (χ2n) is 6.98. The summed E-state index contributed by atoms with van der Waals surface area (Å²) in [5.41, 5.74) is 8.35. The van der Waals surface area contributed by atoms with Crippen molar-refractivity contribution >= 4 is 0 Å². The molecule has 0 aliphatic carbocycles. The summed E-state index contributed by atoms with van der Waals surface area (Å²) in [5, 5.41) is 8.56. The van der Waals surface area contributed by atoms with E-state index in [9.17, 15) is 0 Å². The molecule has 2 rings (SSSR count). The molecule has 0 atom stereocenters. The lowest BCUT2D eigenvalue weighted by Crippen LogP contribution is -2.13. The molecule has 0 radical (unpaired) electrons. The third kappa shape index (κ3) is 3.50. The number of hydrogen-bond acceptors (Lipinski definition) is 3. The molecule has 21 heavy (non-hydrogen) atoms. The quantitative estimate of drug-likeness (QED) is 0.937. The van der Waals surface area contributed by atoms with Crippen LogP contribution in [0.2, 0.25) is 0 Å². The maximum atomic E-state index is 5.78. The first-order valence-electron chi connectivity index (χ1n) is 7.56. The predicted octanol–water partition coefficient (Wildman–Crippen LogP) is 3.36. The zero-order chi connectivity index (χ0) is 15.6. The van der Waals surface area contributed by atoms with Gasteiger partial charge in [0.2, 0.25) is 0 Å². The van der Waals surface area contributed by atoms with Crippen molar-refractivity contribution in [1.82, 2.24) is 14.8 Å². The summed E-state index contributed by atoms with van der Waals surface area (Å²) in [4.78, 5) is 0. The van der Waals surface area contributed by atoms with E-state index >= 15 is 0 Å². The lowest BCUT2D eigenvalue weighted by Gasteiger charge is -2.19. The van der Waals surface area contributed by atoms with E-state index in [0.717, 1.165) is 23.8 Å². The van der Waals surface area contributed by atoms with Gasteiger partial charge in [-0.1, -0.05) is 58.9 Å². The maximum Gasteiger partial charge on any atom is 0.164 e. The first-order chi connectivity index (χ1) is 9.82. The standard InChI is InChI=1S/C17H26N4/c1-12(2)11-21-15(10-18)19-20-16(21)13-6-8-14(9-7-13)17(3,4)5/h6-9,12H,10-11,18H2,1-5H3. The van der Waals surface area contributed by atoms with Gasteiger partial charge in [-0.25, -0.2) is 0 Å². The number of benzene rings is 1. The monoisotopic (exact) mass is 286 g/mol. The Labute approximate surface area is 127 Å². The highest BCUT2D eigenvalue weighted by Crippen LogP contribution is 2.26. The molecular formula is C17H26N4. The van der Waals surface area contributed by atoms with Crippen LogP contribution in [0.1, 0.15) is 46.0 Å². The minimum atomic E-state index is 0.159. The summed E-state index contributed by atoms with van der Waals surface area (Å²) in [6.07, 6.45) is 0. The molecule has 0 aliphatic heterocycles. The number of hydrogen-bond donors (Lipinski definition) is 1. The molecule has 0 saturated carbocycles. The SMILES string of the molecule is CC(C)Cn1c(CN)nnc1-c1ccc(C(C)(C)C)cc1. The van der Waals surface area contributed by atoms with Crippen molar-refractivity contribution in [2.75, 3.05) is 0 Å². The minimum Gasteiger partial charge on any atom is -0.324 e. The summed E-state index contributed by atoms with van der Waals surface area (Å²) in [5.74, 6) is 2.28. The fraction of sp³-hybridized carbons (Fsp3) is 0.529. The molecule has 0 spiro atoms. The van der Waals surface area contributed by atoms with Crippen LogP contribution in [0.3, 0.4) is 0 Å². The Balaban J connectivity index is 2.40. The Morgan fingerprint density at radius 1 is 1.10 bits per heavy atom. The largest absolute Gasteiger partial charge is 0.324 e. The molecule has 4 nitrogen and oxygen atoms in total. The molecule has 0 amide bonds. The van der Waals surface area contributed by atoms with Gasteiger partial charge in [0, 0.05) is 12.1 Å². The van der Waals surface area contributed by atoms with Crippen molar-refractivity contribution in [3.8, 4) is 11.4 Å². The minimum absolute atomic E-state index is 0.159. The lowest BCUT2D eigenvalue weighted by atomic mass is 9.87. The average Bonchev–Trinajstić information content (AvgIpc) is 2.80. The van der Waals surface area contributed by atoms with Gasteiger partial charge in [-0.2, -0.15) is 0 Å². The molecule has 0 bridgehead atoms. The first-order valence-corrected chi connectivity index (χ1v) is 7.56. The highest BCUT2D eigenvalue weighted by molar-refractivity contribution is 5.56. The molecule has 2 N–H and O–H groups in total. The van der Waals surface area contributed by atoms with Crippen LogP contribution in [0.15, 0.2) is 24.3 Å². The third-order valence-electron chi connectivity index (χ3n) is 3.57. The van der Waals surface area contributed by atoms with E-state index in [1.165, 1.54) is 5.56 Å². The topological polar surface area (TPSA) is 56.7 Å². The molecule has 114 valence electrons. The molecule has 1 heterocycles. The van der Waals surface area contributed by atoms with Crippen LogP contribution in [0.4, 0.5) is 0 Å². The number of aromatic nitrogens is 3. The van der Waals surface area contributed by atoms with E-state index in [-0.39, 0.29) is 5.41 Å². The number of nitrogens with zero attached hydrogens (tertiary/aromatic N) is 3. The molecular weight excluding hydrogens is 260 g/mol. The van der Waals surface area contributed by atoms with Crippen LogP contribution < -0.4 is 5.73 Å². The van der Waals surface area contributed by atoms with E-state index in [1.807, 2.05) is 0 Å². The third-order valence-corrected chi connectivity index (χ3v) is 3.57. The number of rotatable bonds is 4. The number of nitrogens with two attached hydrogens (primary N) is 1. The molecule has 0 fully saturated rings. The Hall–Kier alpha value is -1.68. The van der Waals surface area contributed by atoms with Crippen LogP contribution in [-0.2, 0) is 18.5 Å². The Morgan fingerprint density at radius 3 is 2.19 bits per heavy atom. The van der Waals surface area contributed by atoms with Gasteiger partial charge < -0.3 is 10.3 Å². The Bertz CT molecular complexity index is 588. The van der Waals surface area contributed by atoms with Crippen molar-refractivity contribution in [1.29, 1.82) is 0 Å². The van der Waals surface area contributed by atoms with Gasteiger partial charge in [0.15, 0.2) is 5.82 Å². The van der Waals surface area contributed by atoms with Crippen molar-refractivity contribution in [2.24, 2.45) is 11.7 Å². The van der Waals surface area contributed by atoms with Gasteiger partial charge in [-0.15, -0.1) is 10.2 Å². The lowest BCUT2D eigenvalue weighted by molar-refractivity contribution is 0.510. The maximum absolute atomic E-state index is 5.78. The van der Waals surface area contributed by atoms with Crippen molar-refractivity contribution in [3.63, 3.8) is 0 Å². The van der Waals surface area contributed by atoms with E-state index in [4.69, 9.17) is 5.73 Å². The van der Waals surface area contributed by atoms with Gasteiger partial charge in [0.05, 0.1) is 6.54 Å². The van der Waals surface area contributed by atoms with Crippen LogP contribution in [0.25, 0.3) is 11.4 Å². The van der Waals surface area contributed by atoms with Gasteiger partial charge in [-0.3, -0.25) is 0 Å². The van der Waals surface area contributed by atoms with E-state index < -0.39 is 0 Å². The Morgan fingerprint density at radius 2 is 1.71 bits per heavy atom. The first kappa shape index (κ1) is 15.7. The zero-order valence-electron chi connectivity index (χ0n) is 13.7. The second-order valence-corrected chi connectivity index (χ2v) is 6.98. The highest BCUT2D eigenvalue weighted by atomic mass is 15.3. The van der Waals surface area contributed by atoms with Crippen LogP contribution in [0, 0.1) is 5.92 Å². The summed E-state index contributed by atoms with van der Waals surface area (Å²) < 4.78 is 2.14. The van der Waals surface area contributed by atoms with Gasteiger partial charge in [0.1, 0.15) is 5.82 Å². The highest BCUT2D eigenvalue weighted by Gasteiger charge is 2.16. The zero-order valence-corrected chi connectivity index (χ0v) is 13.7. The van der Waals surface area contributed by atoms with E-state index in [2.05, 4.69) is 73.6 Å². The van der Waals surface area contributed by atoms with Crippen molar-refractivity contribution in [2.45, 2.75) is 53.1 Å². The van der Waals surface area contributed by atoms with Crippen molar-refractivity contribution < 1.29 is 0 Å². The van der Waals surface area contributed by atoms with E-state index in [1.54, 1.807) is 0 Å². The second kappa shape index (κ2) is 5.98.